The van der Waals surface area contributed by atoms with Crippen LogP contribution in [0.5, 0.6) is 0 Å². The molecular weight excluding hydrogens is 326 g/mol. The van der Waals surface area contributed by atoms with Gasteiger partial charge in [-0.1, -0.05) is 6.07 Å². The first-order valence-electron chi connectivity index (χ1n) is 7.66. The number of nitrogens with zero attached hydrogens (tertiary/aromatic N) is 4. The standard InChI is InChI=1S/C16H19N5O2S/c1-11(2)20-9-13(17-10-20)16(23)18-15-8-12(14-4-3-7-24-14)19-21(15)5-6-22/h3-4,7-11,22H,5-6H2,1-2H3,(H,18,23). The molecular formula is C16H19N5O2S. The van der Waals surface area contributed by atoms with E-state index in [4.69, 9.17) is 0 Å². The van der Waals surface area contributed by atoms with Crippen LogP contribution in [0.25, 0.3) is 10.6 Å². The fraction of sp³-hybridized carbons (Fsp3) is 0.312. The van der Waals surface area contributed by atoms with Gasteiger partial charge >= 0.3 is 0 Å². The van der Waals surface area contributed by atoms with E-state index in [-0.39, 0.29) is 18.6 Å². The molecule has 0 saturated heterocycles. The van der Waals surface area contributed by atoms with Gasteiger partial charge in [-0.05, 0) is 25.3 Å². The number of hydrogen-bond acceptors (Lipinski definition) is 5. The molecule has 0 aliphatic carbocycles. The van der Waals surface area contributed by atoms with Crippen LogP contribution >= 0.6 is 11.3 Å². The SMILES string of the molecule is CC(C)n1cnc(C(=O)Nc2cc(-c3cccs3)nn2CCO)c1. The Kier molecular flexibility index (Phi) is 4.77. The van der Waals surface area contributed by atoms with Gasteiger partial charge in [0.1, 0.15) is 17.2 Å². The lowest BCUT2D eigenvalue weighted by Crippen LogP contribution is -2.17. The largest absolute Gasteiger partial charge is 0.394 e. The van der Waals surface area contributed by atoms with Crippen molar-refractivity contribution in [2.24, 2.45) is 0 Å². The second-order valence-electron chi connectivity index (χ2n) is 5.59. The summed E-state index contributed by atoms with van der Waals surface area (Å²) in [5, 5.41) is 18.5. The van der Waals surface area contributed by atoms with Gasteiger partial charge in [0.25, 0.3) is 5.91 Å². The topological polar surface area (TPSA) is 85.0 Å². The molecule has 0 spiro atoms. The van der Waals surface area contributed by atoms with Crippen molar-refractivity contribution in [3.63, 3.8) is 0 Å². The van der Waals surface area contributed by atoms with Crippen molar-refractivity contribution in [3.8, 4) is 10.6 Å². The van der Waals surface area contributed by atoms with Crippen LogP contribution in [-0.2, 0) is 6.54 Å². The first kappa shape index (κ1) is 16.4. The molecule has 0 saturated carbocycles. The summed E-state index contributed by atoms with van der Waals surface area (Å²) < 4.78 is 3.46. The van der Waals surface area contributed by atoms with Crippen LogP contribution in [0.3, 0.4) is 0 Å². The Labute approximate surface area is 143 Å². The second-order valence-corrected chi connectivity index (χ2v) is 6.54. The van der Waals surface area contributed by atoms with Crippen molar-refractivity contribution < 1.29 is 9.90 Å². The zero-order chi connectivity index (χ0) is 17.1. The molecule has 0 unspecified atom stereocenters. The second kappa shape index (κ2) is 6.98. The number of amides is 1. The van der Waals surface area contributed by atoms with Gasteiger partial charge in [0.15, 0.2) is 0 Å². The summed E-state index contributed by atoms with van der Waals surface area (Å²) in [7, 11) is 0. The number of aliphatic hydroxyl groups is 1. The van der Waals surface area contributed by atoms with E-state index in [9.17, 15) is 9.90 Å². The molecule has 0 aliphatic heterocycles. The average molecular weight is 345 g/mol. The summed E-state index contributed by atoms with van der Waals surface area (Å²) in [6.45, 7) is 4.29. The Morgan fingerprint density at radius 1 is 1.46 bits per heavy atom. The molecule has 2 N–H and O–H groups in total. The van der Waals surface area contributed by atoms with Crippen molar-refractivity contribution in [1.82, 2.24) is 19.3 Å². The van der Waals surface area contributed by atoms with E-state index in [0.717, 1.165) is 10.6 Å². The smallest absolute Gasteiger partial charge is 0.276 e. The van der Waals surface area contributed by atoms with E-state index in [1.807, 2.05) is 35.9 Å². The minimum absolute atomic E-state index is 0.0591. The summed E-state index contributed by atoms with van der Waals surface area (Å²) in [5.74, 6) is 0.239. The number of imidazole rings is 1. The van der Waals surface area contributed by atoms with E-state index in [2.05, 4.69) is 15.4 Å². The van der Waals surface area contributed by atoms with Gasteiger partial charge in [-0.3, -0.25) is 4.79 Å². The fourth-order valence-electron chi connectivity index (χ4n) is 2.24. The number of hydrogen-bond donors (Lipinski definition) is 2. The van der Waals surface area contributed by atoms with E-state index < -0.39 is 0 Å². The summed E-state index contributed by atoms with van der Waals surface area (Å²) >= 11 is 1.57. The summed E-state index contributed by atoms with van der Waals surface area (Å²) in [4.78, 5) is 17.6. The van der Waals surface area contributed by atoms with E-state index >= 15 is 0 Å². The van der Waals surface area contributed by atoms with Crippen LogP contribution in [-0.4, -0.2) is 37.0 Å². The Bertz CT molecular complexity index is 820. The molecule has 3 heterocycles. The molecule has 126 valence electrons. The van der Waals surface area contributed by atoms with Crippen molar-refractivity contribution >= 4 is 23.1 Å². The molecule has 0 atom stereocenters. The van der Waals surface area contributed by atoms with Gasteiger partial charge in [0, 0.05) is 18.3 Å². The molecule has 0 radical (unpaired) electrons. The number of carbonyl (C=O) groups is 1. The van der Waals surface area contributed by atoms with Crippen molar-refractivity contribution in [1.29, 1.82) is 0 Å². The third kappa shape index (κ3) is 3.39. The summed E-state index contributed by atoms with van der Waals surface area (Å²) in [6, 6.07) is 5.96. The molecule has 0 fully saturated rings. The number of anilines is 1. The quantitative estimate of drug-likeness (QED) is 0.719. The molecule has 3 rings (SSSR count). The highest BCUT2D eigenvalue weighted by molar-refractivity contribution is 7.13. The lowest BCUT2D eigenvalue weighted by Gasteiger charge is -2.06. The third-order valence-electron chi connectivity index (χ3n) is 3.54. The number of aromatic nitrogens is 4. The highest BCUT2D eigenvalue weighted by Gasteiger charge is 2.16. The van der Waals surface area contributed by atoms with Crippen LogP contribution in [0.1, 0.15) is 30.4 Å². The Morgan fingerprint density at radius 3 is 2.92 bits per heavy atom. The van der Waals surface area contributed by atoms with Crippen LogP contribution in [0, 0.1) is 0 Å². The molecule has 0 aromatic carbocycles. The zero-order valence-electron chi connectivity index (χ0n) is 13.5. The molecule has 0 aliphatic rings. The highest BCUT2D eigenvalue weighted by atomic mass is 32.1. The third-order valence-corrected chi connectivity index (χ3v) is 4.43. The van der Waals surface area contributed by atoms with Crippen LogP contribution < -0.4 is 5.32 Å². The fourth-order valence-corrected chi connectivity index (χ4v) is 2.93. The molecule has 8 heteroatoms. The normalized spacial score (nSPS) is 11.2. The maximum atomic E-state index is 12.4. The van der Waals surface area contributed by atoms with Gasteiger partial charge in [0.2, 0.25) is 0 Å². The van der Waals surface area contributed by atoms with Crippen molar-refractivity contribution in [2.45, 2.75) is 26.4 Å². The maximum Gasteiger partial charge on any atom is 0.276 e. The van der Waals surface area contributed by atoms with Crippen molar-refractivity contribution in [3.05, 3.63) is 41.8 Å². The molecule has 3 aromatic rings. The molecule has 0 bridgehead atoms. The molecule has 7 nitrogen and oxygen atoms in total. The number of carbonyl (C=O) groups excluding carboxylic acids is 1. The lowest BCUT2D eigenvalue weighted by atomic mass is 10.3. The minimum atomic E-state index is -0.300. The monoisotopic (exact) mass is 345 g/mol. The van der Waals surface area contributed by atoms with Crippen molar-refractivity contribution in [2.75, 3.05) is 11.9 Å². The predicted octanol–water partition coefficient (Wildman–Crippen LogP) is 2.63. The van der Waals surface area contributed by atoms with E-state index in [1.54, 1.807) is 34.6 Å². The van der Waals surface area contributed by atoms with Gasteiger partial charge in [-0.25, -0.2) is 9.67 Å². The van der Waals surface area contributed by atoms with Crippen LogP contribution in [0.2, 0.25) is 0 Å². The Balaban J connectivity index is 1.83. The first-order valence-corrected chi connectivity index (χ1v) is 8.54. The first-order chi connectivity index (χ1) is 11.6. The summed E-state index contributed by atoms with van der Waals surface area (Å²) in [6.07, 6.45) is 3.36. The van der Waals surface area contributed by atoms with E-state index in [0.29, 0.717) is 18.1 Å². The van der Waals surface area contributed by atoms with Gasteiger partial charge in [-0.2, -0.15) is 5.10 Å². The Morgan fingerprint density at radius 2 is 2.29 bits per heavy atom. The van der Waals surface area contributed by atoms with Gasteiger partial charge in [0.05, 0.1) is 24.4 Å². The average Bonchev–Trinajstić information content (AvgIpc) is 3.28. The molecule has 1 amide bonds. The number of rotatable bonds is 6. The number of nitrogens with one attached hydrogen (secondary N) is 1. The van der Waals surface area contributed by atoms with Gasteiger partial charge < -0.3 is 15.0 Å². The Hall–Kier alpha value is -2.45. The summed E-state index contributed by atoms with van der Waals surface area (Å²) in [5.41, 5.74) is 1.11. The van der Waals surface area contributed by atoms with Crippen LogP contribution in [0.15, 0.2) is 36.1 Å². The molecule has 3 aromatic heterocycles. The lowest BCUT2D eigenvalue weighted by molar-refractivity contribution is 0.102. The zero-order valence-corrected chi connectivity index (χ0v) is 14.3. The van der Waals surface area contributed by atoms with Gasteiger partial charge in [-0.15, -0.1) is 11.3 Å². The highest BCUT2D eigenvalue weighted by Crippen LogP contribution is 2.26. The predicted molar refractivity (Wildman–Crippen MR) is 93.2 cm³/mol. The van der Waals surface area contributed by atoms with E-state index in [1.165, 1.54) is 0 Å². The molecule has 24 heavy (non-hydrogen) atoms. The number of aliphatic hydroxyl groups excluding tert-OH is 1. The minimum Gasteiger partial charge on any atom is -0.394 e. The van der Waals surface area contributed by atoms with Crippen LogP contribution in [0.4, 0.5) is 5.82 Å². The maximum absolute atomic E-state index is 12.4. The number of thiophene rings is 1.